The molecule has 0 fully saturated rings. The van der Waals surface area contributed by atoms with E-state index in [0.717, 1.165) is 9.87 Å². The number of aryl methyl sites for hydroxylation is 1. The predicted octanol–water partition coefficient (Wildman–Crippen LogP) is 4.99. The molecule has 0 aliphatic rings. The highest BCUT2D eigenvalue weighted by Gasteiger charge is 2.29. The third kappa shape index (κ3) is 6.56. The molecule has 0 saturated carbocycles. The summed E-state index contributed by atoms with van der Waals surface area (Å²) in [5.41, 5.74) is 2.25. The zero-order valence-electron chi connectivity index (χ0n) is 21.0. The number of sulfonamides is 2. The van der Waals surface area contributed by atoms with Crippen molar-refractivity contribution in [3.63, 3.8) is 0 Å². The molecule has 1 heterocycles. The van der Waals surface area contributed by atoms with Gasteiger partial charge in [-0.15, -0.1) is 0 Å². The highest BCUT2D eigenvalue weighted by Crippen LogP contribution is 2.31. The van der Waals surface area contributed by atoms with E-state index in [-0.39, 0.29) is 21.2 Å². The standard InChI is InChI=1S/C27H25ClN4O5S2/c1-19-8-12-24(13-9-19)39(36,37)32(26-7-3-6-25(28)20(26)2)18-27(33)30-21-10-14-23(15-11-21)38(34,35)31-22-5-4-16-29-17-22/h3-17,31H,18H2,1-2H3,(H,30,33). The summed E-state index contributed by atoms with van der Waals surface area (Å²) in [6, 6.07) is 19.8. The van der Waals surface area contributed by atoms with Gasteiger partial charge in [0.25, 0.3) is 20.0 Å². The molecule has 0 unspecified atom stereocenters. The molecule has 9 nitrogen and oxygen atoms in total. The Morgan fingerprint density at radius 2 is 1.51 bits per heavy atom. The first-order chi connectivity index (χ1) is 18.5. The summed E-state index contributed by atoms with van der Waals surface area (Å²) >= 11 is 6.26. The van der Waals surface area contributed by atoms with Crippen molar-refractivity contribution in [2.45, 2.75) is 23.6 Å². The fourth-order valence-corrected chi connectivity index (χ4v) is 6.38. The van der Waals surface area contributed by atoms with Gasteiger partial charge in [0.05, 0.1) is 27.4 Å². The van der Waals surface area contributed by atoms with Gasteiger partial charge < -0.3 is 5.32 Å². The van der Waals surface area contributed by atoms with Crippen molar-refractivity contribution in [3.05, 3.63) is 107 Å². The van der Waals surface area contributed by atoms with Gasteiger partial charge in [0, 0.05) is 16.9 Å². The van der Waals surface area contributed by atoms with Crippen LogP contribution < -0.4 is 14.3 Å². The number of amides is 1. The number of aromatic nitrogens is 1. The van der Waals surface area contributed by atoms with E-state index in [0.29, 0.717) is 16.3 Å². The minimum atomic E-state index is -4.13. The van der Waals surface area contributed by atoms with Crippen LogP contribution >= 0.6 is 11.6 Å². The van der Waals surface area contributed by atoms with Gasteiger partial charge in [0.15, 0.2) is 0 Å². The molecule has 0 saturated heterocycles. The Labute approximate surface area is 232 Å². The van der Waals surface area contributed by atoms with Gasteiger partial charge in [-0.05, 0) is 80.1 Å². The first-order valence-electron chi connectivity index (χ1n) is 11.6. The average molecular weight is 585 g/mol. The lowest BCUT2D eigenvalue weighted by atomic mass is 10.2. The lowest BCUT2D eigenvalue weighted by Gasteiger charge is -2.26. The average Bonchev–Trinajstić information content (AvgIpc) is 2.90. The molecule has 1 aromatic heterocycles. The summed E-state index contributed by atoms with van der Waals surface area (Å²) in [5, 5.41) is 2.99. The first kappa shape index (κ1) is 28.1. The summed E-state index contributed by atoms with van der Waals surface area (Å²) in [4.78, 5) is 16.9. The van der Waals surface area contributed by atoms with Crippen LogP contribution in [0.15, 0.2) is 101 Å². The van der Waals surface area contributed by atoms with Gasteiger partial charge in [-0.1, -0.05) is 35.4 Å². The molecular weight excluding hydrogens is 560 g/mol. The molecule has 0 atom stereocenters. The third-order valence-corrected chi connectivity index (χ3v) is 9.35. The highest BCUT2D eigenvalue weighted by atomic mass is 35.5. The summed E-state index contributed by atoms with van der Waals surface area (Å²) in [6.07, 6.45) is 2.90. The van der Waals surface area contributed by atoms with Crippen LogP contribution in [0.2, 0.25) is 5.02 Å². The van der Waals surface area contributed by atoms with Gasteiger partial charge in [0.2, 0.25) is 5.91 Å². The number of halogens is 1. The molecule has 12 heteroatoms. The predicted molar refractivity (Wildman–Crippen MR) is 152 cm³/mol. The fourth-order valence-electron chi connectivity index (χ4n) is 3.69. The van der Waals surface area contributed by atoms with Crippen LogP contribution in [0.4, 0.5) is 17.1 Å². The monoisotopic (exact) mass is 584 g/mol. The van der Waals surface area contributed by atoms with Crippen LogP contribution in [0.1, 0.15) is 11.1 Å². The van der Waals surface area contributed by atoms with Crippen molar-refractivity contribution in [3.8, 4) is 0 Å². The van der Waals surface area contributed by atoms with Crippen molar-refractivity contribution in [2.75, 3.05) is 20.9 Å². The number of carbonyl (C=O) groups is 1. The van der Waals surface area contributed by atoms with E-state index in [1.165, 1.54) is 48.8 Å². The summed E-state index contributed by atoms with van der Waals surface area (Å²) in [6.45, 7) is 2.97. The number of carbonyl (C=O) groups excluding carboxylic acids is 1. The van der Waals surface area contributed by atoms with Crippen LogP contribution in [0.3, 0.4) is 0 Å². The van der Waals surface area contributed by atoms with Crippen LogP contribution in [-0.4, -0.2) is 34.3 Å². The quantitative estimate of drug-likeness (QED) is 0.286. The Kier molecular flexibility index (Phi) is 8.24. The van der Waals surface area contributed by atoms with E-state index in [1.807, 2.05) is 6.92 Å². The summed E-state index contributed by atoms with van der Waals surface area (Å²) < 4.78 is 56.0. The molecule has 0 bridgehead atoms. The molecule has 0 aliphatic carbocycles. The Balaban J connectivity index is 1.57. The number of nitrogens with zero attached hydrogens (tertiary/aromatic N) is 2. The lowest BCUT2D eigenvalue weighted by Crippen LogP contribution is -2.38. The molecule has 4 aromatic rings. The molecule has 2 N–H and O–H groups in total. The first-order valence-corrected chi connectivity index (χ1v) is 14.9. The molecule has 0 radical (unpaired) electrons. The fraction of sp³-hybridized carbons (Fsp3) is 0.111. The van der Waals surface area contributed by atoms with E-state index >= 15 is 0 Å². The van der Waals surface area contributed by atoms with E-state index in [4.69, 9.17) is 11.6 Å². The van der Waals surface area contributed by atoms with Crippen LogP contribution in [0.5, 0.6) is 0 Å². The largest absolute Gasteiger partial charge is 0.325 e. The normalized spacial score (nSPS) is 11.6. The van der Waals surface area contributed by atoms with Crippen molar-refractivity contribution in [1.82, 2.24) is 4.98 Å². The minimum absolute atomic E-state index is 0.0240. The molecule has 4 rings (SSSR count). The van der Waals surface area contributed by atoms with Crippen LogP contribution in [0.25, 0.3) is 0 Å². The van der Waals surface area contributed by atoms with Crippen LogP contribution in [-0.2, 0) is 24.8 Å². The maximum absolute atomic E-state index is 13.6. The van der Waals surface area contributed by atoms with Crippen molar-refractivity contribution in [1.29, 1.82) is 0 Å². The van der Waals surface area contributed by atoms with Gasteiger partial charge in [-0.2, -0.15) is 0 Å². The molecule has 3 aromatic carbocycles. The van der Waals surface area contributed by atoms with E-state index in [9.17, 15) is 21.6 Å². The minimum Gasteiger partial charge on any atom is -0.325 e. The Hall–Kier alpha value is -3.93. The summed E-state index contributed by atoms with van der Waals surface area (Å²) in [7, 11) is -8.01. The Morgan fingerprint density at radius 1 is 0.846 bits per heavy atom. The molecule has 0 aliphatic heterocycles. The van der Waals surface area contributed by atoms with Gasteiger partial charge >= 0.3 is 0 Å². The van der Waals surface area contributed by atoms with Gasteiger partial charge in [-0.25, -0.2) is 16.8 Å². The molecule has 202 valence electrons. The molecular formula is C27H25ClN4O5S2. The highest BCUT2D eigenvalue weighted by molar-refractivity contribution is 7.93. The van der Waals surface area contributed by atoms with E-state index < -0.39 is 32.5 Å². The Morgan fingerprint density at radius 3 is 2.15 bits per heavy atom. The second-order valence-corrected chi connectivity index (χ2v) is 12.6. The SMILES string of the molecule is Cc1ccc(S(=O)(=O)N(CC(=O)Nc2ccc(S(=O)(=O)Nc3cccnc3)cc2)c2cccc(Cl)c2C)cc1. The second kappa shape index (κ2) is 11.4. The third-order valence-electron chi connectivity index (χ3n) is 5.77. The maximum Gasteiger partial charge on any atom is 0.264 e. The van der Waals surface area contributed by atoms with Crippen molar-refractivity contribution in [2.24, 2.45) is 0 Å². The number of rotatable bonds is 9. The molecule has 39 heavy (non-hydrogen) atoms. The number of hydrogen-bond donors (Lipinski definition) is 2. The maximum atomic E-state index is 13.6. The Bertz CT molecular complexity index is 1700. The number of benzene rings is 3. The van der Waals surface area contributed by atoms with Crippen LogP contribution in [0, 0.1) is 13.8 Å². The lowest BCUT2D eigenvalue weighted by molar-refractivity contribution is -0.114. The number of pyridine rings is 1. The molecule has 0 spiro atoms. The van der Waals surface area contributed by atoms with Gasteiger partial charge in [0.1, 0.15) is 6.54 Å². The zero-order valence-corrected chi connectivity index (χ0v) is 23.4. The second-order valence-electron chi connectivity index (χ2n) is 8.63. The topological polar surface area (TPSA) is 126 Å². The van der Waals surface area contributed by atoms with Crippen molar-refractivity contribution >= 4 is 54.6 Å². The van der Waals surface area contributed by atoms with Gasteiger partial charge in [-0.3, -0.25) is 18.8 Å². The van der Waals surface area contributed by atoms with E-state index in [1.54, 1.807) is 49.4 Å². The smallest absolute Gasteiger partial charge is 0.264 e. The van der Waals surface area contributed by atoms with E-state index in [2.05, 4.69) is 15.0 Å². The summed E-state index contributed by atoms with van der Waals surface area (Å²) in [5.74, 6) is -0.630. The molecule has 1 amide bonds. The van der Waals surface area contributed by atoms with Crippen molar-refractivity contribution < 1.29 is 21.6 Å². The number of hydrogen-bond acceptors (Lipinski definition) is 6. The number of nitrogens with one attached hydrogen (secondary N) is 2. The zero-order chi connectivity index (χ0) is 28.2. The number of anilines is 3.